The van der Waals surface area contributed by atoms with Crippen molar-refractivity contribution in [3.8, 4) is 22.9 Å². The first kappa shape index (κ1) is 13.3. The SMILES string of the molecule is O=c1cc([C@@H]2CCCNC2)nc(-c2ccc3c(c2)OCO3)[nH]1. The smallest absolute Gasteiger partial charge is 0.251 e. The summed E-state index contributed by atoms with van der Waals surface area (Å²) in [6, 6.07) is 7.18. The van der Waals surface area contributed by atoms with E-state index >= 15 is 0 Å². The normalized spacial score (nSPS) is 20.1. The van der Waals surface area contributed by atoms with Crippen LogP contribution in [0.2, 0.25) is 0 Å². The number of ether oxygens (including phenoxy) is 2. The Morgan fingerprint density at radius 3 is 2.95 bits per heavy atom. The molecule has 0 aliphatic carbocycles. The lowest BCUT2D eigenvalue weighted by molar-refractivity contribution is 0.174. The maximum Gasteiger partial charge on any atom is 0.251 e. The number of hydrogen-bond donors (Lipinski definition) is 2. The van der Waals surface area contributed by atoms with Crippen molar-refractivity contribution in [1.29, 1.82) is 0 Å². The molecule has 0 radical (unpaired) electrons. The third-order valence-electron chi connectivity index (χ3n) is 4.12. The van der Waals surface area contributed by atoms with Crippen molar-refractivity contribution in [3.63, 3.8) is 0 Å². The van der Waals surface area contributed by atoms with Crippen molar-refractivity contribution in [2.45, 2.75) is 18.8 Å². The van der Waals surface area contributed by atoms with Crippen LogP contribution in [0.4, 0.5) is 0 Å². The Balaban J connectivity index is 1.72. The van der Waals surface area contributed by atoms with Crippen LogP contribution in [-0.4, -0.2) is 29.9 Å². The van der Waals surface area contributed by atoms with Gasteiger partial charge in [0.05, 0.1) is 5.69 Å². The van der Waals surface area contributed by atoms with Gasteiger partial charge in [0.25, 0.3) is 5.56 Å². The number of H-pyrrole nitrogens is 1. The second-order valence-corrected chi connectivity index (χ2v) is 5.63. The van der Waals surface area contributed by atoms with Crippen LogP contribution in [0.1, 0.15) is 24.5 Å². The number of benzene rings is 1. The molecule has 1 aromatic heterocycles. The summed E-state index contributed by atoms with van der Waals surface area (Å²) in [5.41, 5.74) is 1.55. The van der Waals surface area contributed by atoms with Crippen molar-refractivity contribution < 1.29 is 9.47 Å². The Morgan fingerprint density at radius 2 is 2.09 bits per heavy atom. The molecule has 114 valence electrons. The molecular formula is C16H17N3O3. The summed E-state index contributed by atoms with van der Waals surface area (Å²) >= 11 is 0. The molecule has 0 unspecified atom stereocenters. The van der Waals surface area contributed by atoms with E-state index in [4.69, 9.17) is 9.47 Å². The van der Waals surface area contributed by atoms with Crippen LogP contribution in [0.3, 0.4) is 0 Å². The number of nitrogens with one attached hydrogen (secondary N) is 2. The van der Waals surface area contributed by atoms with E-state index in [-0.39, 0.29) is 12.4 Å². The first-order valence-electron chi connectivity index (χ1n) is 7.51. The Hall–Kier alpha value is -2.34. The Bertz CT molecular complexity index is 751. The molecule has 0 spiro atoms. The van der Waals surface area contributed by atoms with E-state index in [0.717, 1.165) is 42.9 Å². The summed E-state index contributed by atoms with van der Waals surface area (Å²) in [4.78, 5) is 19.5. The second-order valence-electron chi connectivity index (χ2n) is 5.63. The van der Waals surface area contributed by atoms with Gasteiger partial charge in [-0.05, 0) is 37.6 Å². The van der Waals surface area contributed by atoms with Gasteiger partial charge in [0.2, 0.25) is 6.79 Å². The molecule has 6 nitrogen and oxygen atoms in total. The quantitative estimate of drug-likeness (QED) is 0.881. The van der Waals surface area contributed by atoms with E-state index in [1.54, 1.807) is 6.07 Å². The van der Waals surface area contributed by atoms with Gasteiger partial charge in [-0.25, -0.2) is 4.98 Å². The summed E-state index contributed by atoms with van der Waals surface area (Å²) in [6.07, 6.45) is 2.17. The average Bonchev–Trinajstić information content (AvgIpc) is 3.02. The van der Waals surface area contributed by atoms with Crippen molar-refractivity contribution >= 4 is 0 Å². The van der Waals surface area contributed by atoms with E-state index in [1.807, 2.05) is 18.2 Å². The molecule has 1 saturated heterocycles. The molecule has 2 aliphatic heterocycles. The number of fused-ring (bicyclic) bond motifs is 1. The van der Waals surface area contributed by atoms with Crippen molar-refractivity contribution in [2.75, 3.05) is 19.9 Å². The lowest BCUT2D eigenvalue weighted by Crippen LogP contribution is -2.29. The fourth-order valence-electron chi connectivity index (χ4n) is 2.97. The third-order valence-corrected chi connectivity index (χ3v) is 4.12. The molecule has 0 amide bonds. The predicted molar refractivity (Wildman–Crippen MR) is 81.3 cm³/mol. The minimum Gasteiger partial charge on any atom is -0.454 e. The molecule has 2 N–H and O–H groups in total. The van der Waals surface area contributed by atoms with E-state index in [2.05, 4.69) is 15.3 Å². The summed E-state index contributed by atoms with van der Waals surface area (Å²) in [5.74, 6) is 2.28. The lowest BCUT2D eigenvalue weighted by Gasteiger charge is -2.22. The monoisotopic (exact) mass is 299 g/mol. The Kier molecular flexibility index (Phi) is 3.31. The van der Waals surface area contributed by atoms with Crippen molar-refractivity contribution in [3.05, 3.63) is 40.3 Å². The molecule has 22 heavy (non-hydrogen) atoms. The van der Waals surface area contributed by atoms with Gasteiger partial charge >= 0.3 is 0 Å². The number of hydrogen-bond acceptors (Lipinski definition) is 5. The maximum absolute atomic E-state index is 12.0. The second kappa shape index (κ2) is 5.46. The fraction of sp³-hybridized carbons (Fsp3) is 0.375. The molecule has 6 heteroatoms. The van der Waals surface area contributed by atoms with Gasteiger partial charge < -0.3 is 19.8 Å². The van der Waals surface area contributed by atoms with Gasteiger partial charge in [0.1, 0.15) is 5.82 Å². The molecule has 4 rings (SSSR count). The molecule has 0 saturated carbocycles. The highest BCUT2D eigenvalue weighted by atomic mass is 16.7. The van der Waals surface area contributed by atoms with Crippen LogP contribution in [0, 0.1) is 0 Å². The van der Waals surface area contributed by atoms with Crippen LogP contribution in [0.5, 0.6) is 11.5 Å². The molecule has 2 aliphatic rings. The van der Waals surface area contributed by atoms with Gasteiger partial charge in [0, 0.05) is 24.1 Å². The Labute approximate surface area is 127 Å². The minimum atomic E-state index is -0.122. The largest absolute Gasteiger partial charge is 0.454 e. The van der Waals surface area contributed by atoms with Gasteiger partial charge in [-0.1, -0.05) is 0 Å². The Morgan fingerprint density at radius 1 is 1.18 bits per heavy atom. The number of piperidine rings is 1. The van der Waals surface area contributed by atoms with Crippen LogP contribution in [0.15, 0.2) is 29.1 Å². The number of aromatic nitrogens is 2. The summed E-state index contributed by atoms with van der Waals surface area (Å²) in [6.45, 7) is 2.14. The highest BCUT2D eigenvalue weighted by molar-refractivity contribution is 5.61. The predicted octanol–water partition coefficient (Wildman–Crippen LogP) is 1.63. The number of rotatable bonds is 2. The van der Waals surface area contributed by atoms with Crippen LogP contribution >= 0.6 is 0 Å². The average molecular weight is 299 g/mol. The zero-order chi connectivity index (χ0) is 14.9. The van der Waals surface area contributed by atoms with E-state index in [1.165, 1.54) is 0 Å². The molecule has 0 bridgehead atoms. The van der Waals surface area contributed by atoms with E-state index < -0.39 is 0 Å². The van der Waals surface area contributed by atoms with Crippen LogP contribution < -0.4 is 20.3 Å². The first-order valence-corrected chi connectivity index (χ1v) is 7.51. The lowest BCUT2D eigenvalue weighted by atomic mass is 9.96. The summed E-state index contributed by atoms with van der Waals surface area (Å²) in [7, 11) is 0. The van der Waals surface area contributed by atoms with Crippen LogP contribution in [-0.2, 0) is 0 Å². The molecular weight excluding hydrogens is 282 g/mol. The zero-order valence-electron chi connectivity index (χ0n) is 12.1. The highest BCUT2D eigenvalue weighted by Crippen LogP contribution is 2.35. The van der Waals surface area contributed by atoms with E-state index in [0.29, 0.717) is 17.5 Å². The molecule has 3 heterocycles. The molecule has 1 fully saturated rings. The third kappa shape index (κ3) is 2.46. The summed E-state index contributed by atoms with van der Waals surface area (Å²) < 4.78 is 10.7. The standard InChI is InChI=1S/C16H17N3O3/c20-15-7-12(11-2-1-5-17-8-11)18-16(19-15)10-3-4-13-14(6-10)22-9-21-13/h3-4,6-7,11,17H,1-2,5,8-9H2,(H,18,19,20)/t11-/m1/s1. The number of nitrogens with zero attached hydrogens (tertiary/aromatic N) is 1. The van der Waals surface area contributed by atoms with Gasteiger partial charge in [-0.15, -0.1) is 0 Å². The van der Waals surface area contributed by atoms with Gasteiger partial charge in [-0.3, -0.25) is 4.79 Å². The summed E-state index contributed by atoms with van der Waals surface area (Å²) in [5, 5.41) is 3.36. The minimum absolute atomic E-state index is 0.122. The fourth-order valence-corrected chi connectivity index (χ4v) is 2.97. The van der Waals surface area contributed by atoms with Crippen LogP contribution in [0.25, 0.3) is 11.4 Å². The molecule has 2 aromatic rings. The first-order chi connectivity index (χ1) is 10.8. The topological polar surface area (TPSA) is 76.2 Å². The van der Waals surface area contributed by atoms with Crippen molar-refractivity contribution in [2.24, 2.45) is 0 Å². The highest BCUT2D eigenvalue weighted by Gasteiger charge is 2.19. The van der Waals surface area contributed by atoms with Gasteiger partial charge in [0.15, 0.2) is 11.5 Å². The zero-order valence-corrected chi connectivity index (χ0v) is 12.1. The van der Waals surface area contributed by atoms with E-state index in [9.17, 15) is 4.79 Å². The number of aromatic amines is 1. The molecule has 1 aromatic carbocycles. The molecule has 1 atom stereocenters. The van der Waals surface area contributed by atoms with Crippen molar-refractivity contribution in [1.82, 2.24) is 15.3 Å². The van der Waals surface area contributed by atoms with Gasteiger partial charge in [-0.2, -0.15) is 0 Å². The maximum atomic E-state index is 12.0.